The van der Waals surface area contributed by atoms with Crippen LogP contribution < -0.4 is 11.1 Å². The topological polar surface area (TPSA) is 137 Å². The molecule has 39 heavy (non-hydrogen) atoms. The summed E-state index contributed by atoms with van der Waals surface area (Å²) in [5.74, 6) is -4.87. The molecule has 0 bridgehead atoms. The fraction of sp³-hybridized carbons (Fsp3) is 0.375. The first-order chi connectivity index (χ1) is 18.4. The van der Waals surface area contributed by atoms with Gasteiger partial charge >= 0.3 is 12.1 Å². The van der Waals surface area contributed by atoms with E-state index in [-0.39, 0.29) is 34.5 Å². The highest BCUT2D eigenvalue weighted by Gasteiger charge is 2.56. The minimum Gasteiger partial charge on any atom is -0.383 e. The lowest BCUT2D eigenvalue weighted by Gasteiger charge is -2.23. The van der Waals surface area contributed by atoms with Crippen LogP contribution >= 0.6 is 0 Å². The Balaban J connectivity index is 1.38. The number of aromatic nitrogens is 7. The van der Waals surface area contributed by atoms with E-state index in [0.717, 1.165) is 24.9 Å². The lowest BCUT2D eigenvalue weighted by molar-refractivity contribution is -0.284. The molecule has 15 heteroatoms. The van der Waals surface area contributed by atoms with E-state index in [9.17, 15) is 26.7 Å². The molecule has 10 nitrogen and oxygen atoms in total. The van der Waals surface area contributed by atoms with Crippen LogP contribution in [0.15, 0.2) is 30.9 Å². The Hall–Kier alpha value is -4.30. The van der Waals surface area contributed by atoms with Gasteiger partial charge in [0.1, 0.15) is 29.1 Å². The first kappa shape index (κ1) is 25.0. The second kappa shape index (κ2) is 8.35. The second-order valence-corrected chi connectivity index (χ2v) is 9.78. The Morgan fingerprint density at radius 2 is 1.90 bits per heavy atom. The van der Waals surface area contributed by atoms with Crippen molar-refractivity contribution in [3.63, 3.8) is 0 Å². The van der Waals surface area contributed by atoms with E-state index < -0.39 is 36.3 Å². The lowest BCUT2D eigenvalue weighted by atomic mass is 9.78. The first-order valence-electron chi connectivity index (χ1n) is 12.0. The van der Waals surface area contributed by atoms with Crippen molar-refractivity contribution in [3.8, 4) is 11.5 Å². The third-order valence-electron chi connectivity index (χ3n) is 7.13. The van der Waals surface area contributed by atoms with Gasteiger partial charge in [0.15, 0.2) is 11.5 Å². The zero-order valence-electron chi connectivity index (χ0n) is 20.3. The number of alkyl halides is 5. The summed E-state index contributed by atoms with van der Waals surface area (Å²) in [6, 6.07) is 3.71. The Morgan fingerprint density at radius 1 is 1.13 bits per heavy atom. The molecule has 0 spiro atoms. The third-order valence-corrected chi connectivity index (χ3v) is 7.13. The van der Waals surface area contributed by atoms with Crippen molar-refractivity contribution in [2.24, 2.45) is 0 Å². The maximum atomic E-state index is 13.6. The van der Waals surface area contributed by atoms with Gasteiger partial charge in [-0.25, -0.2) is 24.5 Å². The van der Waals surface area contributed by atoms with Gasteiger partial charge < -0.3 is 11.1 Å². The quantitative estimate of drug-likeness (QED) is 0.349. The number of nitrogens with two attached hydrogens (primary N) is 1. The normalized spacial score (nSPS) is 19.4. The van der Waals surface area contributed by atoms with Gasteiger partial charge in [-0.15, -0.1) is 0 Å². The molecule has 202 valence electrons. The van der Waals surface area contributed by atoms with Crippen LogP contribution in [0.2, 0.25) is 0 Å². The zero-order chi connectivity index (χ0) is 27.7. The molecule has 0 radical (unpaired) electrons. The molecule has 1 unspecified atom stereocenters. The van der Waals surface area contributed by atoms with E-state index >= 15 is 0 Å². The molecular weight excluding hydrogens is 525 g/mol. The van der Waals surface area contributed by atoms with Crippen molar-refractivity contribution in [3.05, 3.63) is 53.4 Å². The third kappa shape index (κ3) is 4.03. The molecule has 0 saturated heterocycles. The van der Waals surface area contributed by atoms with Gasteiger partial charge in [0, 0.05) is 24.2 Å². The van der Waals surface area contributed by atoms with Gasteiger partial charge in [0.25, 0.3) is 0 Å². The summed E-state index contributed by atoms with van der Waals surface area (Å²) >= 11 is 0. The molecular formula is C24H20F5N9O. The van der Waals surface area contributed by atoms with Gasteiger partial charge in [-0.2, -0.15) is 27.1 Å². The molecule has 0 aromatic carbocycles. The predicted molar refractivity (Wildman–Crippen MR) is 127 cm³/mol. The molecule has 1 saturated carbocycles. The van der Waals surface area contributed by atoms with Crippen molar-refractivity contribution in [1.82, 2.24) is 34.5 Å². The Kier molecular flexibility index (Phi) is 5.35. The van der Waals surface area contributed by atoms with Gasteiger partial charge in [-0.3, -0.25) is 9.78 Å². The van der Waals surface area contributed by atoms with Crippen molar-refractivity contribution in [1.29, 1.82) is 0 Å². The average Bonchev–Trinajstić information content (AvgIpc) is 3.56. The molecule has 6 rings (SSSR count). The molecule has 1 aliphatic heterocycles. The number of nitrogens with one attached hydrogen (secondary N) is 1. The number of fused-ring (bicyclic) bond motifs is 2. The molecule has 1 aliphatic carbocycles. The molecule has 4 aromatic heterocycles. The summed E-state index contributed by atoms with van der Waals surface area (Å²) in [7, 11) is 0. The van der Waals surface area contributed by atoms with Crippen molar-refractivity contribution >= 4 is 23.2 Å². The standard InChI is InChI=1S/C24H20F5N9O/c1-22(12-4-5-13(31-8-12)11-2-3-11)16-17(30)35-18(36-19(16)37-21(22)39)15-9-38-20(32-10-33-38)14(34-15)6-7-23(25,26)24(27,28)29/h4-5,8-11H,2-3,6-7H2,1H3,(H3,30,35,36,37,39). The molecule has 2 aliphatic rings. The van der Waals surface area contributed by atoms with E-state index in [4.69, 9.17) is 5.73 Å². The average molecular weight is 545 g/mol. The van der Waals surface area contributed by atoms with Crippen LogP contribution in [0.4, 0.5) is 33.6 Å². The fourth-order valence-corrected chi connectivity index (χ4v) is 4.70. The van der Waals surface area contributed by atoms with Gasteiger partial charge in [-0.05, 0) is 37.8 Å². The van der Waals surface area contributed by atoms with Crippen LogP contribution in [0, 0.1) is 0 Å². The van der Waals surface area contributed by atoms with E-state index in [0.29, 0.717) is 17.0 Å². The number of hydrogen-bond donors (Lipinski definition) is 2. The number of anilines is 2. The summed E-state index contributed by atoms with van der Waals surface area (Å²) in [6.45, 7) is 1.68. The summed E-state index contributed by atoms with van der Waals surface area (Å²) < 4.78 is 66.5. The predicted octanol–water partition coefficient (Wildman–Crippen LogP) is 3.82. The first-order valence-corrected chi connectivity index (χ1v) is 12.0. The molecule has 3 N–H and O–H groups in total. The van der Waals surface area contributed by atoms with Crippen LogP contribution in [-0.4, -0.2) is 52.5 Å². The summed E-state index contributed by atoms with van der Waals surface area (Å²) in [4.78, 5) is 34.5. The highest BCUT2D eigenvalue weighted by molar-refractivity contribution is 6.09. The van der Waals surface area contributed by atoms with Crippen LogP contribution in [0.5, 0.6) is 0 Å². The monoisotopic (exact) mass is 545 g/mol. The Bertz CT molecular complexity index is 1620. The number of nitrogen functional groups attached to an aromatic ring is 1. The van der Waals surface area contributed by atoms with E-state index in [1.54, 1.807) is 13.1 Å². The number of amides is 1. The number of hydrogen-bond acceptors (Lipinski definition) is 8. The zero-order valence-corrected chi connectivity index (χ0v) is 20.3. The number of pyridine rings is 1. The Labute approximate surface area is 216 Å². The largest absolute Gasteiger partial charge is 0.453 e. The maximum Gasteiger partial charge on any atom is 0.453 e. The number of rotatable bonds is 6. The maximum absolute atomic E-state index is 13.6. The number of nitrogens with zero attached hydrogens (tertiary/aromatic N) is 7. The SMILES string of the molecule is CC1(c2ccc(C3CC3)nc2)C(=O)Nc2nc(-c3cn4ncnc4c(CCC(F)(F)C(F)(F)F)n3)nc(N)c21. The van der Waals surface area contributed by atoms with Crippen LogP contribution in [0.25, 0.3) is 17.2 Å². The molecule has 1 atom stereocenters. The second-order valence-electron chi connectivity index (χ2n) is 9.78. The van der Waals surface area contributed by atoms with Crippen molar-refractivity contribution in [2.75, 3.05) is 11.1 Å². The summed E-state index contributed by atoms with van der Waals surface area (Å²) in [6.07, 6.45) is -1.74. The lowest BCUT2D eigenvalue weighted by Crippen LogP contribution is -2.36. The minimum absolute atomic E-state index is 0.00821. The van der Waals surface area contributed by atoms with Gasteiger partial charge in [0.05, 0.1) is 17.5 Å². The van der Waals surface area contributed by atoms with Crippen LogP contribution in [0.1, 0.15) is 54.6 Å². The molecule has 1 fully saturated rings. The molecule has 5 heterocycles. The van der Waals surface area contributed by atoms with Crippen LogP contribution in [0.3, 0.4) is 0 Å². The highest BCUT2D eigenvalue weighted by atomic mass is 19.4. The summed E-state index contributed by atoms with van der Waals surface area (Å²) in [5.41, 5.74) is 6.82. The van der Waals surface area contributed by atoms with Gasteiger partial charge in [-0.1, -0.05) is 6.07 Å². The number of aryl methyl sites for hydroxylation is 1. The minimum atomic E-state index is -5.70. The van der Waals surface area contributed by atoms with E-state index in [2.05, 4.69) is 35.3 Å². The number of halogens is 5. The molecule has 1 amide bonds. The fourth-order valence-electron chi connectivity index (χ4n) is 4.70. The Morgan fingerprint density at radius 3 is 2.56 bits per heavy atom. The van der Waals surface area contributed by atoms with Gasteiger partial charge in [0.2, 0.25) is 5.91 Å². The number of carbonyl (C=O) groups is 1. The van der Waals surface area contributed by atoms with Crippen LogP contribution in [-0.2, 0) is 16.6 Å². The molecule has 4 aromatic rings. The highest BCUT2D eigenvalue weighted by Crippen LogP contribution is 2.46. The van der Waals surface area contributed by atoms with Crippen molar-refractivity contribution < 1.29 is 26.7 Å². The van der Waals surface area contributed by atoms with E-state index in [1.165, 1.54) is 10.7 Å². The van der Waals surface area contributed by atoms with Crippen molar-refractivity contribution in [2.45, 2.75) is 56.0 Å². The smallest absolute Gasteiger partial charge is 0.383 e. The summed E-state index contributed by atoms with van der Waals surface area (Å²) in [5, 5.41) is 6.66. The van der Waals surface area contributed by atoms with E-state index in [1.807, 2.05) is 12.1 Å². The number of carbonyl (C=O) groups excluding carboxylic acids is 1.